The zero-order valence-electron chi connectivity index (χ0n) is 11.9. The number of anilines is 1. The van der Waals surface area contributed by atoms with E-state index in [2.05, 4.69) is 24.1 Å². The van der Waals surface area contributed by atoms with Crippen molar-refractivity contribution in [3.05, 3.63) is 24.0 Å². The van der Waals surface area contributed by atoms with E-state index >= 15 is 0 Å². The van der Waals surface area contributed by atoms with Gasteiger partial charge in [0, 0.05) is 32.0 Å². The van der Waals surface area contributed by atoms with Crippen LogP contribution in [-0.2, 0) is 0 Å². The van der Waals surface area contributed by atoms with Crippen molar-refractivity contribution in [2.24, 2.45) is 5.92 Å². The fourth-order valence-electron chi connectivity index (χ4n) is 2.50. The molecule has 1 aliphatic rings. The van der Waals surface area contributed by atoms with E-state index in [0.717, 1.165) is 44.6 Å². The Balaban J connectivity index is 2.10. The van der Waals surface area contributed by atoms with Crippen molar-refractivity contribution in [2.45, 2.75) is 33.1 Å². The average molecular weight is 261 g/mol. The Labute approximate surface area is 115 Å². The summed E-state index contributed by atoms with van der Waals surface area (Å²) in [6.45, 7) is 6.94. The van der Waals surface area contributed by atoms with Crippen LogP contribution in [0, 0.1) is 5.92 Å². The molecule has 2 rings (SSSR count). The first-order valence-electron chi connectivity index (χ1n) is 7.23. The highest BCUT2D eigenvalue weighted by molar-refractivity contribution is 5.99. The van der Waals surface area contributed by atoms with Gasteiger partial charge < -0.3 is 10.2 Å². The van der Waals surface area contributed by atoms with Crippen LogP contribution in [0.4, 0.5) is 5.69 Å². The number of hydrogen-bond acceptors (Lipinski definition) is 3. The standard InChI is InChI=1S/C15H23N3O/c1-3-7-17-14-5-8-16-10-13(14)15(19)18-9-6-12(4-2)11-18/h5,8,10,12H,3-4,6-7,9,11H2,1-2H3,(H,16,17). The number of amides is 1. The van der Waals surface area contributed by atoms with Crippen LogP contribution in [0.25, 0.3) is 0 Å². The van der Waals surface area contributed by atoms with Crippen LogP contribution < -0.4 is 5.32 Å². The maximum atomic E-state index is 12.5. The zero-order valence-corrected chi connectivity index (χ0v) is 11.9. The van der Waals surface area contributed by atoms with Crippen molar-refractivity contribution in [1.82, 2.24) is 9.88 Å². The molecule has 0 aromatic carbocycles. The van der Waals surface area contributed by atoms with Crippen LogP contribution in [-0.4, -0.2) is 35.4 Å². The highest BCUT2D eigenvalue weighted by Crippen LogP contribution is 2.23. The van der Waals surface area contributed by atoms with Crippen LogP contribution in [0.2, 0.25) is 0 Å². The maximum absolute atomic E-state index is 12.5. The van der Waals surface area contributed by atoms with E-state index in [4.69, 9.17) is 0 Å². The lowest BCUT2D eigenvalue weighted by molar-refractivity contribution is 0.0787. The number of nitrogens with one attached hydrogen (secondary N) is 1. The monoisotopic (exact) mass is 261 g/mol. The summed E-state index contributed by atoms with van der Waals surface area (Å²) >= 11 is 0. The Morgan fingerprint density at radius 1 is 1.53 bits per heavy atom. The first kappa shape index (κ1) is 13.8. The van der Waals surface area contributed by atoms with E-state index in [1.165, 1.54) is 0 Å². The van der Waals surface area contributed by atoms with Gasteiger partial charge in [-0.25, -0.2) is 0 Å². The van der Waals surface area contributed by atoms with Gasteiger partial charge in [0.25, 0.3) is 5.91 Å². The van der Waals surface area contributed by atoms with Gasteiger partial charge in [0.15, 0.2) is 0 Å². The third-order valence-electron chi connectivity index (χ3n) is 3.77. The summed E-state index contributed by atoms with van der Waals surface area (Å²) in [5.74, 6) is 0.773. The van der Waals surface area contributed by atoms with E-state index in [0.29, 0.717) is 11.5 Å². The molecule has 1 atom stereocenters. The normalized spacial score (nSPS) is 18.6. The second kappa shape index (κ2) is 6.55. The van der Waals surface area contributed by atoms with Gasteiger partial charge in [-0.3, -0.25) is 9.78 Å². The Morgan fingerprint density at radius 3 is 3.05 bits per heavy atom. The molecule has 0 bridgehead atoms. The molecular formula is C15H23N3O. The highest BCUT2D eigenvalue weighted by Gasteiger charge is 2.27. The summed E-state index contributed by atoms with van der Waals surface area (Å²) in [6, 6.07) is 1.89. The molecule has 1 N–H and O–H groups in total. The van der Waals surface area contributed by atoms with Gasteiger partial charge in [-0.05, 0) is 24.8 Å². The summed E-state index contributed by atoms with van der Waals surface area (Å²) < 4.78 is 0. The molecule has 104 valence electrons. The number of carbonyl (C=O) groups excluding carboxylic acids is 1. The van der Waals surface area contributed by atoms with Crippen molar-refractivity contribution >= 4 is 11.6 Å². The minimum atomic E-state index is 0.114. The average Bonchev–Trinajstić information content (AvgIpc) is 2.93. The van der Waals surface area contributed by atoms with Gasteiger partial charge in [0.05, 0.1) is 11.3 Å². The molecule has 4 heteroatoms. The lowest BCUT2D eigenvalue weighted by Crippen LogP contribution is -2.29. The van der Waals surface area contributed by atoms with Crippen LogP contribution in [0.15, 0.2) is 18.5 Å². The number of nitrogens with zero attached hydrogens (tertiary/aromatic N) is 2. The molecule has 2 heterocycles. The first-order chi connectivity index (χ1) is 9.26. The number of likely N-dealkylation sites (tertiary alicyclic amines) is 1. The van der Waals surface area contributed by atoms with Crippen LogP contribution in [0.5, 0.6) is 0 Å². The summed E-state index contributed by atoms with van der Waals surface area (Å²) in [7, 11) is 0. The Morgan fingerprint density at radius 2 is 2.37 bits per heavy atom. The number of carbonyl (C=O) groups is 1. The molecule has 1 unspecified atom stereocenters. The molecule has 1 amide bonds. The Kier molecular flexibility index (Phi) is 4.77. The highest BCUT2D eigenvalue weighted by atomic mass is 16.2. The molecule has 1 aromatic rings. The topological polar surface area (TPSA) is 45.2 Å². The van der Waals surface area contributed by atoms with Crippen molar-refractivity contribution in [2.75, 3.05) is 25.0 Å². The van der Waals surface area contributed by atoms with Gasteiger partial charge in [-0.1, -0.05) is 20.3 Å². The van der Waals surface area contributed by atoms with E-state index in [-0.39, 0.29) is 5.91 Å². The van der Waals surface area contributed by atoms with Crippen molar-refractivity contribution in [3.8, 4) is 0 Å². The molecule has 4 nitrogen and oxygen atoms in total. The summed E-state index contributed by atoms with van der Waals surface area (Å²) in [4.78, 5) is 18.6. The zero-order chi connectivity index (χ0) is 13.7. The minimum Gasteiger partial charge on any atom is -0.384 e. The molecule has 0 aliphatic carbocycles. The molecule has 1 aliphatic heterocycles. The van der Waals surface area contributed by atoms with Crippen molar-refractivity contribution in [3.63, 3.8) is 0 Å². The lowest BCUT2D eigenvalue weighted by Gasteiger charge is -2.18. The van der Waals surface area contributed by atoms with Crippen LogP contribution >= 0.6 is 0 Å². The largest absolute Gasteiger partial charge is 0.384 e. The molecule has 19 heavy (non-hydrogen) atoms. The molecule has 1 fully saturated rings. The van der Waals surface area contributed by atoms with Crippen LogP contribution in [0.1, 0.15) is 43.5 Å². The van der Waals surface area contributed by atoms with E-state index < -0.39 is 0 Å². The lowest BCUT2D eigenvalue weighted by atomic mass is 10.1. The van der Waals surface area contributed by atoms with E-state index in [1.807, 2.05) is 11.0 Å². The Hall–Kier alpha value is -1.58. The predicted octanol–water partition coefficient (Wildman–Crippen LogP) is 2.78. The fraction of sp³-hybridized carbons (Fsp3) is 0.600. The number of pyridine rings is 1. The fourth-order valence-corrected chi connectivity index (χ4v) is 2.50. The molecule has 0 radical (unpaired) electrons. The van der Waals surface area contributed by atoms with Gasteiger partial charge in [0.2, 0.25) is 0 Å². The Bertz CT molecular complexity index is 433. The molecule has 0 spiro atoms. The van der Waals surface area contributed by atoms with Crippen molar-refractivity contribution < 1.29 is 4.79 Å². The second-order valence-corrected chi connectivity index (χ2v) is 5.16. The number of aromatic nitrogens is 1. The van der Waals surface area contributed by atoms with Gasteiger partial charge in [-0.15, -0.1) is 0 Å². The number of rotatable bonds is 5. The smallest absolute Gasteiger partial charge is 0.257 e. The molecular weight excluding hydrogens is 238 g/mol. The van der Waals surface area contributed by atoms with Gasteiger partial charge >= 0.3 is 0 Å². The maximum Gasteiger partial charge on any atom is 0.257 e. The van der Waals surface area contributed by atoms with E-state index in [9.17, 15) is 4.79 Å². The predicted molar refractivity (Wildman–Crippen MR) is 77.3 cm³/mol. The summed E-state index contributed by atoms with van der Waals surface area (Å²) in [6.07, 6.45) is 6.72. The van der Waals surface area contributed by atoms with E-state index in [1.54, 1.807) is 12.4 Å². The SMILES string of the molecule is CCCNc1ccncc1C(=O)N1CCC(CC)C1. The first-order valence-corrected chi connectivity index (χ1v) is 7.23. The van der Waals surface area contributed by atoms with Crippen molar-refractivity contribution in [1.29, 1.82) is 0 Å². The third kappa shape index (κ3) is 3.25. The molecule has 1 aromatic heterocycles. The quantitative estimate of drug-likeness (QED) is 0.886. The minimum absolute atomic E-state index is 0.114. The van der Waals surface area contributed by atoms with Gasteiger partial charge in [-0.2, -0.15) is 0 Å². The molecule has 0 saturated carbocycles. The third-order valence-corrected chi connectivity index (χ3v) is 3.77. The summed E-state index contributed by atoms with van der Waals surface area (Å²) in [5.41, 5.74) is 1.61. The molecule has 1 saturated heterocycles. The van der Waals surface area contributed by atoms with Gasteiger partial charge in [0.1, 0.15) is 0 Å². The number of hydrogen-bond donors (Lipinski definition) is 1. The second-order valence-electron chi connectivity index (χ2n) is 5.16. The van der Waals surface area contributed by atoms with Crippen LogP contribution in [0.3, 0.4) is 0 Å². The summed E-state index contributed by atoms with van der Waals surface area (Å²) in [5, 5.41) is 3.30.